The molecule has 2 heterocycles. The number of nitrogens with two attached hydrogens (primary N) is 1. The molecule has 0 fully saturated rings. The molecule has 0 saturated carbocycles. The van der Waals surface area contributed by atoms with Crippen molar-refractivity contribution in [3.8, 4) is 64.7 Å². The molecule has 11 aromatic rings. The normalized spacial score (nSPS) is 11.3. The molecule has 4 heteroatoms. The Kier molecular flexibility index (Phi) is 10.2. The molecule has 0 aliphatic rings. The number of thiophene rings is 2. The Morgan fingerprint density at radius 2 is 0.825 bits per heavy atom. The highest BCUT2D eigenvalue weighted by atomic mass is 32.1. The van der Waals surface area contributed by atoms with Gasteiger partial charge in [0.15, 0.2) is 0 Å². The maximum atomic E-state index is 6.54. The number of rotatable bonds is 10. The van der Waals surface area contributed by atoms with Gasteiger partial charge in [-0.3, -0.25) is 0 Å². The van der Waals surface area contributed by atoms with E-state index in [0.29, 0.717) is 0 Å². The van der Waals surface area contributed by atoms with Gasteiger partial charge in [0, 0.05) is 25.2 Å². The molecule has 0 bridgehead atoms. The third-order valence-corrected chi connectivity index (χ3v) is 14.4. The van der Waals surface area contributed by atoms with Crippen molar-refractivity contribution in [1.29, 1.82) is 0 Å². The molecule has 0 atom stereocenters. The number of hydrogen-bond donors (Lipinski definition) is 1. The van der Waals surface area contributed by atoms with E-state index < -0.39 is 0 Å². The highest BCUT2D eigenvalue weighted by molar-refractivity contribution is 7.23. The van der Waals surface area contributed by atoms with E-state index >= 15 is 0 Å². The summed E-state index contributed by atoms with van der Waals surface area (Å²) in [6.07, 6.45) is 0. The molecule has 0 aliphatic carbocycles. The molecular weight excluding hydrogens is 801 g/mol. The summed E-state index contributed by atoms with van der Waals surface area (Å²) in [7, 11) is 0. The SMILES string of the molecule is Nc1ccccc1N(Cc1ccc(-c2ccc(-c3ccc4c(-c5ccccc5-c5ccccc5)c5ccccc5c(-c5ccccc5-c5ccccc5)c4c3)s2)s1)c1ccccc1. The van der Waals surface area contributed by atoms with Crippen molar-refractivity contribution in [2.24, 2.45) is 0 Å². The van der Waals surface area contributed by atoms with Gasteiger partial charge >= 0.3 is 0 Å². The van der Waals surface area contributed by atoms with Crippen LogP contribution in [0, 0.1) is 0 Å². The van der Waals surface area contributed by atoms with E-state index in [0.717, 1.165) is 23.6 Å². The van der Waals surface area contributed by atoms with Crippen molar-refractivity contribution < 1.29 is 0 Å². The van der Waals surface area contributed by atoms with Gasteiger partial charge in [-0.1, -0.05) is 176 Å². The number of nitrogens with zero attached hydrogens (tertiary/aromatic N) is 1. The maximum Gasteiger partial charge on any atom is 0.0647 e. The highest BCUT2D eigenvalue weighted by Crippen LogP contribution is 2.49. The van der Waals surface area contributed by atoms with Crippen molar-refractivity contribution in [2.45, 2.75) is 6.54 Å². The van der Waals surface area contributed by atoms with Gasteiger partial charge in [0.2, 0.25) is 0 Å². The minimum atomic E-state index is 0.725. The molecule has 300 valence electrons. The number of anilines is 3. The first kappa shape index (κ1) is 38.4. The Labute approximate surface area is 376 Å². The fourth-order valence-corrected chi connectivity index (χ4v) is 11.2. The third kappa shape index (κ3) is 7.29. The number of hydrogen-bond acceptors (Lipinski definition) is 4. The second-order valence-corrected chi connectivity index (χ2v) is 18.0. The van der Waals surface area contributed by atoms with Crippen LogP contribution in [0.2, 0.25) is 0 Å². The molecule has 0 aliphatic heterocycles. The molecule has 2 N–H and O–H groups in total. The third-order valence-electron chi connectivity index (χ3n) is 12.0. The molecule has 0 saturated heterocycles. The fourth-order valence-electron chi connectivity index (χ4n) is 9.09. The molecule has 0 spiro atoms. The molecule has 0 amide bonds. The Hall–Kier alpha value is -7.50. The summed E-state index contributed by atoms with van der Waals surface area (Å²) in [6.45, 7) is 0.725. The van der Waals surface area contributed by atoms with Crippen LogP contribution in [0.5, 0.6) is 0 Å². The molecule has 63 heavy (non-hydrogen) atoms. The Morgan fingerprint density at radius 1 is 0.349 bits per heavy atom. The van der Waals surface area contributed by atoms with Crippen LogP contribution in [-0.4, -0.2) is 0 Å². The topological polar surface area (TPSA) is 29.3 Å². The molecule has 9 aromatic carbocycles. The predicted molar refractivity (Wildman–Crippen MR) is 273 cm³/mol. The average Bonchev–Trinajstić information content (AvgIpc) is 4.04. The van der Waals surface area contributed by atoms with Crippen LogP contribution < -0.4 is 10.6 Å². The van der Waals surface area contributed by atoms with Crippen molar-refractivity contribution in [3.63, 3.8) is 0 Å². The number of nitrogen functional groups attached to an aromatic ring is 1. The first-order chi connectivity index (χ1) is 31.2. The van der Waals surface area contributed by atoms with Crippen molar-refractivity contribution in [3.05, 3.63) is 235 Å². The Bertz CT molecular complexity index is 3390. The summed E-state index contributed by atoms with van der Waals surface area (Å²) < 4.78 is 0. The predicted octanol–water partition coefficient (Wildman–Crippen LogP) is 17.0. The lowest BCUT2D eigenvalue weighted by Gasteiger charge is -2.25. The Morgan fingerprint density at radius 3 is 1.46 bits per heavy atom. The molecule has 2 aromatic heterocycles. The summed E-state index contributed by atoms with van der Waals surface area (Å²) in [6, 6.07) is 83.3. The zero-order valence-electron chi connectivity index (χ0n) is 34.5. The monoisotopic (exact) mass is 842 g/mol. The van der Waals surface area contributed by atoms with E-state index in [2.05, 4.69) is 223 Å². The standard InChI is InChI=1S/C59H42N2S2/c60-53-30-16-17-31-54(53)61(43-22-8-3-9-23-43)39-44-33-35-56(62-44)57-37-36-55(63-57)42-32-34-51-52(38-42)59(48-27-13-11-25-46(48)41-20-6-2-7-21-41)50-29-15-14-28-49(50)58(51)47-26-12-10-24-45(47)40-18-4-1-5-19-40/h1-38H,39,60H2. The summed E-state index contributed by atoms with van der Waals surface area (Å²) in [5.41, 5.74) is 20.5. The quantitative estimate of drug-likeness (QED) is 0.110. The van der Waals surface area contributed by atoms with Gasteiger partial charge in [0.05, 0.1) is 17.9 Å². The van der Waals surface area contributed by atoms with Crippen LogP contribution in [0.3, 0.4) is 0 Å². The lowest BCUT2D eigenvalue weighted by Crippen LogP contribution is -2.17. The molecular formula is C59H42N2S2. The fraction of sp³-hybridized carbons (Fsp3) is 0.0169. The minimum absolute atomic E-state index is 0.725. The average molecular weight is 843 g/mol. The van der Waals surface area contributed by atoms with Gasteiger partial charge in [0.25, 0.3) is 0 Å². The van der Waals surface area contributed by atoms with E-state index in [4.69, 9.17) is 5.73 Å². The van der Waals surface area contributed by atoms with Crippen LogP contribution >= 0.6 is 22.7 Å². The van der Waals surface area contributed by atoms with E-state index in [1.54, 1.807) is 0 Å². The van der Waals surface area contributed by atoms with Crippen LogP contribution in [0.1, 0.15) is 4.88 Å². The Balaban J connectivity index is 1.06. The number of para-hydroxylation sites is 3. The van der Waals surface area contributed by atoms with Gasteiger partial charge < -0.3 is 10.6 Å². The van der Waals surface area contributed by atoms with Crippen LogP contribution in [0.4, 0.5) is 17.1 Å². The second-order valence-electron chi connectivity index (χ2n) is 15.8. The van der Waals surface area contributed by atoms with Gasteiger partial charge in [-0.05, 0) is 126 Å². The van der Waals surface area contributed by atoms with E-state index in [-0.39, 0.29) is 0 Å². The lowest BCUT2D eigenvalue weighted by atomic mass is 9.82. The summed E-state index contributed by atoms with van der Waals surface area (Å²) in [5, 5.41) is 4.96. The first-order valence-corrected chi connectivity index (χ1v) is 23.0. The molecule has 11 rings (SSSR count). The van der Waals surface area contributed by atoms with Crippen molar-refractivity contribution in [2.75, 3.05) is 10.6 Å². The van der Waals surface area contributed by atoms with Gasteiger partial charge in [0.1, 0.15) is 0 Å². The van der Waals surface area contributed by atoms with Gasteiger partial charge in [-0.25, -0.2) is 0 Å². The lowest BCUT2D eigenvalue weighted by molar-refractivity contribution is 0.998. The first-order valence-electron chi connectivity index (χ1n) is 21.3. The molecule has 0 unspecified atom stereocenters. The largest absolute Gasteiger partial charge is 0.397 e. The van der Waals surface area contributed by atoms with E-state index in [1.807, 2.05) is 34.8 Å². The van der Waals surface area contributed by atoms with Gasteiger partial charge in [-0.15, -0.1) is 22.7 Å². The minimum Gasteiger partial charge on any atom is -0.397 e. The molecule has 0 radical (unpaired) electrons. The van der Waals surface area contributed by atoms with Crippen LogP contribution in [0.15, 0.2) is 231 Å². The van der Waals surface area contributed by atoms with Crippen LogP contribution in [-0.2, 0) is 6.54 Å². The summed E-state index contributed by atoms with van der Waals surface area (Å²) >= 11 is 3.71. The van der Waals surface area contributed by atoms with Crippen molar-refractivity contribution in [1.82, 2.24) is 0 Å². The zero-order valence-corrected chi connectivity index (χ0v) is 36.1. The maximum absolute atomic E-state index is 6.54. The number of benzene rings is 9. The second kappa shape index (κ2) is 16.8. The van der Waals surface area contributed by atoms with Crippen LogP contribution in [0.25, 0.3) is 86.2 Å². The van der Waals surface area contributed by atoms with E-state index in [1.165, 1.54) is 91.1 Å². The smallest absolute Gasteiger partial charge is 0.0647 e. The summed E-state index contributed by atoms with van der Waals surface area (Å²) in [5.74, 6) is 0. The summed E-state index contributed by atoms with van der Waals surface area (Å²) in [4.78, 5) is 7.35. The van der Waals surface area contributed by atoms with E-state index in [9.17, 15) is 0 Å². The van der Waals surface area contributed by atoms with Gasteiger partial charge in [-0.2, -0.15) is 0 Å². The number of fused-ring (bicyclic) bond motifs is 2. The highest BCUT2D eigenvalue weighted by Gasteiger charge is 2.22. The molecule has 2 nitrogen and oxygen atoms in total. The van der Waals surface area contributed by atoms with Crippen molar-refractivity contribution >= 4 is 61.3 Å². The zero-order chi connectivity index (χ0) is 42.1.